The quantitative estimate of drug-likeness (QED) is 0.226. The molecule has 1 fully saturated rings. The van der Waals surface area contributed by atoms with Gasteiger partial charge < -0.3 is 9.84 Å². The van der Waals surface area contributed by atoms with E-state index in [4.69, 9.17) is 0 Å². The van der Waals surface area contributed by atoms with Gasteiger partial charge in [-0.15, -0.1) is 11.3 Å². The number of carboxylic acids is 1. The third-order valence-electron chi connectivity index (χ3n) is 7.11. The Kier molecular flexibility index (Phi) is 9.05. The first kappa shape index (κ1) is 29.8. The number of carboxylic acid groups (broad SMARTS) is 1. The van der Waals surface area contributed by atoms with Crippen LogP contribution in [0.5, 0.6) is 5.75 Å². The van der Waals surface area contributed by atoms with Gasteiger partial charge in [-0.05, 0) is 54.3 Å². The highest BCUT2D eigenvalue weighted by Crippen LogP contribution is 2.38. The summed E-state index contributed by atoms with van der Waals surface area (Å²) in [7, 11) is 1.53. The normalized spacial score (nSPS) is 13.8. The molecule has 1 aliphatic heterocycles. The van der Waals surface area contributed by atoms with Gasteiger partial charge in [-0.1, -0.05) is 30.3 Å². The summed E-state index contributed by atoms with van der Waals surface area (Å²) in [6.07, 6.45) is 2.75. The molecule has 3 heterocycles. The van der Waals surface area contributed by atoms with Crippen molar-refractivity contribution in [1.29, 1.82) is 0 Å². The predicted molar refractivity (Wildman–Crippen MR) is 158 cm³/mol. The number of aliphatic carboxylic acids is 1. The second kappa shape index (κ2) is 13.1. The van der Waals surface area contributed by atoms with Gasteiger partial charge in [-0.2, -0.15) is 8.78 Å². The lowest BCUT2D eigenvalue weighted by molar-refractivity contribution is -0.140. The number of amides is 2. The molecule has 0 unspecified atom stereocenters. The van der Waals surface area contributed by atoms with Crippen molar-refractivity contribution in [3.8, 4) is 28.1 Å². The minimum Gasteiger partial charge on any atom is -0.481 e. The highest BCUT2D eigenvalue weighted by Gasteiger charge is 2.28. The van der Waals surface area contributed by atoms with E-state index in [9.17, 15) is 28.3 Å². The zero-order valence-corrected chi connectivity index (χ0v) is 24.0. The van der Waals surface area contributed by atoms with Gasteiger partial charge in [0.15, 0.2) is 5.13 Å². The molecule has 2 aromatic heterocycles. The molecule has 0 radical (unpaired) electrons. The first-order valence-corrected chi connectivity index (χ1v) is 14.4. The molecule has 222 valence electrons. The maximum Gasteiger partial charge on any atom is 0.387 e. The van der Waals surface area contributed by atoms with Crippen LogP contribution in [-0.4, -0.2) is 53.1 Å². The molecule has 4 aromatic rings. The first-order chi connectivity index (χ1) is 20.7. The van der Waals surface area contributed by atoms with Crippen molar-refractivity contribution in [3.05, 3.63) is 77.8 Å². The van der Waals surface area contributed by atoms with Gasteiger partial charge in [0, 0.05) is 42.7 Å². The minimum atomic E-state index is -3.02. The largest absolute Gasteiger partial charge is 0.481 e. The summed E-state index contributed by atoms with van der Waals surface area (Å²) in [5.41, 5.74) is 3.01. The molecule has 1 aliphatic rings. The van der Waals surface area contributed by atoms with E-state index in [1.165, 1.54) is 24.1 Å². The van der Waals surface area contributed by atoms with Gasteiger partial charge in [0.2, 0.25) is 11.8 Å². The molecular weight excluding hydrogens is 578 g/mol. The lowest BCUT2D eigenvalue weighted by Gasteiger charge is -2.21. The SMILES string of the molecule is CN(C(=O)[C@@H](CC(=O)O)Cc1ccccc1)c1nc(-c2cc(OC(F)F)ccc2-c2ccc(N3CCCC3=O)nc2)cs1. The van der Waals surface area contributed by atoms with Crippen LogP contribution in [-0.2, 0) is 20.8 Å². The van der Waals surface area contributed by atoms with Gasteiger partial charge >= 0.3 is 12.6 Å². The molecule has 0 saturated carbocycles. The number of ether oxygens (including phenoxy) is 1. The number of rotatable bonds is 11. The van der Waals surface area contributed by atoms with Crippen molar-refractivity contribution in [2.45, 2.75) is 32.3 Å². The third-order valence-corrected chi connectivity index (χ3v) is 8.02. The Balaban J connectivity index is 1.44. The van der Waals surface area contributed by atoms with E-state index in [2.05, 4.69) is 14.7 Å². The maximum atomic E-state index is 13.4. The molecule has 0 bridgehead atoms. The van der Waals surface area contributed by atoms with Crippen molar-refractivity contribution in [2.75, 3.05) is 23.4 Å². The van der Waals surface area contributed by atoms with Crippen LogP contribution in [0.3, 0.4) is 0 Å². The number of hydrogen-bond acceptors (Lipinski definition) is 7. The van der Waals surface area contributed by atoms with Crippen molar-refractivity contribution >= 4 is 40.1 Å². The van der Waals surface area contributed by atoms with Crippen LogP contribution in [0, 0.1) is 5.92 Å². The van der Waals surface area contributed by atoms with Gasteiger partial charge in [-0.25, -0.2) is 9.97 Å². The van der Waals surface area contributed by atoms with Crippen LogP contribution in [0.4, 0.5) is 19.7 Å². The molecule has 2 amide bonds. The minimum absolute atomic E-state index is 0.0115. The summed E-state index contributed by atoms with van der Waals surface area (Å²) in [5.74, 6) is -1.83. The topological polar surface area (TPSA) is 113 Å². The number of pyridine rings is 1. The van der Waals surface area contributed by atoms with Crippen LogP contribution in [0.25, 0.3) is 22.4 Å². The number of carbonyl (C=O) groups is 3. The van der Waals surface area contributed by atoms with E-state index in [-0.39, 0.29) is 24.5 Å². The van der Waals surface area contributed by atoms with Crippen molar-refractivity contribution in [2.24, 2.45) is 5.92 Å². The maximum absolute atomic E-state index is 13.4. The van der Waals surface area contributed by atoms with Crippen molar-refractivity contribution in [3.63, 3.8) is 0 Å². The van der Waals surface area contributed by atoms with Crippen LogP contribution in [0.15, 0.2) is 72.2 Å². The van der Waals surface area contributed by atoms with Crippen LogP contribution < -0.4 is 14.5 Å². The summed E-state index contributed by atoms with van der Waals surface area (Å²) in [6.45, 7) is -2.43. The molecule has 1 N–H and O–H groups in total. The molecule has 1 saturated heterocycles. The monoisotopic (exact) mass is 606 g/mol. The molecule has 9 nitrogen and oxygen atoms in total. The van der Waals surface area contributed by atoms with E-state index in [1.807, 2.05) is 30.3 Å². The zero-order chi connectivity index (χ0) is 30.5. The number of nitrogens with zero attached hydrogens (tertiary/aromatic N) is 4. The number of aromatic nitrogens is 2. The summed E-state index contributed by atoms with van der Waals surface area (Å²) in [6, 6.07) is 17.2. The molecule has 0 spiro atoms. The smallest absolute Gasteiger partial charge is 0.387 e. The Bertz CT molecular complexity index is 1610. The third kappa shape index (κ3) is 7.03. The Labute approximate surface area is 250 Å². The summed E-state index contributed by atoms with van der Waals surface area (Å²) >= 11 is 1.16. The standard InChI is InChI=1S/C31H28F2N4O5S/c1-36(29(41)21(15-28(39)40)14-19-6-3-2-4-7-19)31-35-25(18-43-31)24-16-22(42-30(32)33)10-11-23(24)20-9-12-26(34-17-20)37-13-5-8-27(37)38/h2-4,6-7,9-12,16-18,21,30H,5,8,13-15H2,1H3,(H,39,40)/t21-/m1/s1. The predicted octanol–water partition coefficient (Wildman–Crippen LogP) is 5.90. The van der Waals surface area contributed by atoms with E-state index >= 15 is 0 Å². The van der Waals surface area contributed by atoms with E-state index in [0.717, 1.165) is 23.3 Å². The fourth-order valence-electron chi connectivity index (χ4n) is 5.02. The number of hydrogen-bond donors (Lipinski definition) is 1. The number of carbonyl (C=O) groups excluding carboxylic acids is 2. The summed E-state index contributed by atoms with van der Waals surface area (Å²) in [4.78, 5) is 49.2. The van der Waals surface area contributed by atoms with Gasteiger partial charge in [0.05, 0.1) is 18.0 Å². The second-order valence-electron chi connectivity index (χ2n) is 10.0. The highest BCUT2D eigenvalue weighted by molar-refractivity contribution is 7.14. The van der Waals surface area contributed by atoms with Crippen molar-refractivity contribution in [1.82, 2.24) is 9.97 Å². The number of anilines is 2. The number of halogens is 2. The molecule has 43 heavy (non-hydrogen) atoms. The Morgan fingerprint density at radius 2 is 1.91 bits per heavy atom. The lowest BCUT2D eigenvalue weighted by Crippen LogP contribution is -2.35. The molecule has 2 aromatic carbocycles. The molecule has 12 heteroatoms. The molecule has 1 atom stereocenters. The van der Waals surface area contributed by atoms with Crippen molar-refractivity contribution < 1.29 is 33.0 Å². The number of alkyl halides is 2. The van der Waals surface area contributed by atoms with Crippen LogP contribution in [0.2, 0.25) is 0 Å². The molecule has 5 rings (SSSR count). The Morgan fingerprint density at radius 3 is 2.56 bits per heavy atom. The second-order valence-corrected chi connectivity index (χ2v) is 10.9. The Morgan fingerprint density at radius 1 is 1.12 bits per heavy atom. The summed E-state index contributed by atoms with van der Waals surface area (Å²) < 4.78 is 30.8. The summed E-state index contributed by atoms with van der Waals surface area (Å²) in [5, 5.41) is 11.5. The van der Waals surface area contributed by atoms with E-state index in [1.54, 1.807) is 34.7 Å². The van der Waals surface area contributed by atoms with Gasteiger partial charge in [0.25, 0.3) is 0 Å². The van der Waals surface area contributed by atoms with Crippen LogP contribution in [0.1, 0.15) is 24.8 Å². The fraction of sp³-hybridized carbons (Fsp3) is 0.258. The van der Waals surface area contributed by atoms with Gasteiger partial charge in [0.1, 0.15) is 11.6 Å². The first-order valence-electron chi connectivity index (χ1n) is 13.5. The van der Waals surface area contributed by atoms with Crippen LogP contribution >= 0.6 is 11.3 Å². The Hall–Kier alpha value is -4.71. The average Bonchev–Trinajstić information content (AvgIpc) is 3.66. The fourth-order valence-corrected chi connectivity index (χ4v) is 5.82. The number of benzene rings is 2. The highest BCUT2D eigenvalue weighted by atomic mass is 32.1. The zero-order valence-electron chi connectivity index (χ0n) is 23.2. The van der Waals surface area contributed by atoms with Gasteiger partial charge in [-0.3, -0.25) is 24.2 Å². The molecular formula is C31H28F2N4O5S. The molecule has 0 aliphatic carbocycles. The van der Waals surface area contributed by atoms with E-state index in [0.29, 0.717) is 46.3 Å². The van der Waals surface area contributed by atoms with E-state index < -0.39 is 24.4 Å². The lowest BCUT2D eigenvalue weighted by atomic mass is 9.95. The average molecular weight is 607 g/mol. The number of thiazole rings is 1.